The molecule has 10 heteroatoms. The van der Waals surface area contributed by atoms with Crippen molar-refractivity contribution in [3.8, 4) is 0 Å². The van der Waals surface area contributed by atoms with E-state index in [9.17, 15) is 0 Å². The van der Waals surface area contributed by atoms with Crippen molar-refractivity contribution in [1.82, 2.24) is 39.5 Å². The minimum absolute atomic E-state index is 0.588. The van der Waals surface area contributed by atoms with Crippen molar-refractivity contribution >= 4 is 0 Å². The summed E-state index contributed by atoms with van der Waals surface area (Å²) < 4.78 is 8.11. The normalized spacial score (nSPS) is 14.0. The first-order valence-electron chi connectivity index (χ1n) is 7.65. The van der Waals surface area contributed by atoms with Crippen LogP contribution in [0.4, 0.5) is 0 Å². The molecule has 4 aromatic heterocycles. The molecule has 1 N–H and O–H groups in total. The monoisotopic (exact) mass is 323 g/mol. The van der Waals surface area contributed by atoms with Gasteiger partial charge in [-0.25, -0.2) is 23.3 Å². The van der Waals surface area contributed by atoms with E-state index in [4.69, 9.17) is 0 Å². The Hall–Kier alpha value is -3.30. The maximum atomic E-state index is 4.55. The van der Waals surface area contributed by atoms with Gasteiger partial charge in [-0.2, -0.15) is 5.10 Å². The van der Waals surface area contributed by atoms with Crippen LogP contribution in [0.25, 0.3) is 0 Å². The average Bonchev–Trinajstić information content (AvgIpc) is 3.32. The Morgan fingerprint density at radius 1 is 0.958 bits per heavy atom. The zero-order valence-corrected chi connectivity index (χ0v) is 12.8. The highest BCUT2D eigenvalue weighted by Crippen LogP contribution is 2.00. The van der Waals surface area contributed by atoms with Gasteiger partial charge >= 0.3 is 0 Å². The first-order chi connectivity index (χ1) is 11.8. The van der Waals surface area contributed by atoms with E-state index in [1.807, 2.05) is 55.7 Å². The third-order valence-electron chi connectivity index (χ3n) is 3.91. The summed E-state index contributed by atoms with van der Waals surface area (Å²) in [7, 11) is 0. The van der Waals surface area contributed by atoms with Crippen LogP contribution in [0.1, 0.15) is 23.3 Å². The standard InChI is InChI=1S/C14H15N10/c1-2-22-6-12-16-14(20-18-12)8-24-4-3-23(10-24)7-13-15-11(17-19-13)5-21(1)9-22/h1-4,9-10H,5-8H2,(H-,15,16,17,18,19,20)/q+1. The lowest BCUT2D eigenvalue weighted by molar-refractivity contribution is -0.689. The zero-order valence-electron chi connectivity index (χ0n) is 12.8. The van der Waals surface area contributed by atoms with Crippen LogP contribution in [0.15, 0.2) is 37.4 Å². The van der Waals surface area contributed by atoms with Crippen molar-refractivity contribution < 1.29 is 9.13 Å². The largest absolute Gasteiger partial charge is 0.359 e. The maximum Gasteiger partial charge on any atom is 0.244 e. The number of nitrogens with one attached hydrogen (secondary N) is 1. The highest BCUT2D eigenvalue weighted by molar-refractivity contribution is 4.93. The van der Waals surface area contributed by atoms with E-state index in [-0.39, 0.29) is 0 Å². The molecule has 0 spiro atoms. The molecule has 0 fully saturated rings. The summed E-state index contributed by atoms with van der Waals surface area (Å²) >= 11 is 0. The van der Waals surface area contributed by atoms with Crippen LogP contribution >= 0.6 is 0 Å². The van der Waals surface area contributed by atoms with Gasteiger partial charge in [-0.1, -0.05) is 0 Å². The fourth-order valence-corrected chi connectivity index (χ4v) is 2.83. The Balaban J connectivity index is 1.54. The van der Waals surface area contributed by atoms with Crippen LogP contribution in [0.3, 0.4) is 0 Å². The highest BCUT2D eigenvalue weighted by atomic mass is 15.3. The van der Waals surface area contributed by atoms with Gasteiger partial charge < -0.3 is 15.2 Å². The highest BCUT2D eigenvalue weighted by Gasteiger charge is 2.13. The van der Waals surface area contributed by atoms with Gasteiger partial charge in [-0.05, 0) is 0 Å². The van der Waals surface area contributed by atoms with Gasteiger partial charge in [-0.3, -0.25) is 5.10 Å². The Morgan fingerprint density at radius 2 is 1.62 bits per heavy atom. The Bertz CT molecular complexity index is 760. The fraction of sp³-hybridized carbons (Fsp3) is 0.286. The number of fused-ring (bicyclic) bond motifs is 8. The molecule has 0 atom stereocenters. The molecular formula is C14H15N10+. The lowest BCUT2D eigenvalue weighted by Gasteiger charge is -1.98. The zero-order chi connectivity index (χ0) is 15.9. The van der Waals surface area contributed by atoms with E-state index in [0.717, 1.165) is 11.6 Å². The number of rotatable bonds is 0. The van der Waals surface area contributed by atoms with Gasteiger partial charge in [-0.15, -0.1) is 0 Å². The molecule has 0 aliphatic carbocycles. The van der Waals surface area contributed by atoms with E-state index in [1.165, 1.54) is 0 Å². The minimum Gasteiger partial charge on any atom is -0.359 e. The summed E-state index contributed by atoms with van der Waals surface area (Å²) in [6.45, 7) is 2.43. The van der Waals surface area contributed by atoms with Crippen LogP contribution in [0, 0.1) is 0 Å². The Labute approximate surface area is 136 Å². The summed E-state index contributed by atoms with van der Waals surface area (Å²) in [5.41, 5.74) is 0. The number of hydrogen-bond donors (Lipinski definition) is 1. The molecule has 0 radical (unpaired) electrons. The third-order valence-corrected chi connectivity index (χ3v) is 3.91. The number of nitrogens with zero attached hydrogens (tertiary/aromatic N) is 9. The fourth-order valence-electron chi connectivity index (χ4n) is 2.83. The molecule has 0 amide bonds. The number of aromatic amines is 1. The van der Waals surface area contributed by atoms with E-state index >= 15 is 0 Å². The molecule has 0 saturated carbocycles. The SMILES string of the molecule is c1c[n+]2cn1Cc1nnc([n-]1)Cn1cc[n+](c1)Cc1nc(n[nH]1)C2. The van der Waals surface area contributed by atoms with Gasteiger partial charge in [0.05, 0.1) is 0 Å². The maximum absolute atomic E-state index is 4.55. The molecule has 4 aromatic rings. The van der Waals surface area contributed by atoms with E-state index < -0.39 is 0 Å². The van der Waals surface area contributed by atoms with Gasteiger partial charge in [0.15, 0.2) is 18.2 Å². The second-order valence-electron chi connectivity index (χ2n) is 5.86. The average molecular weight is 323 g/mol. The smallest absolute Gasteiger partial charge is 0.244 e. The topological polar surface area (TPSA) is 99.1 Å². The molecule has 1 aliphatic rings. The van der Waals surface area contributed by atoms with Crippen LogP contribution in [0.5, 0.6) is 0 Å². The van der Waals surface area contributed by atoms with E-state index in [2.05, 4.69) is 30.4 Å². The minimum atomic E-state index is 0.588. The van der Waals surface area contributed by atoms with Crippen molar-refractivity contribution in [1.29, 1.82) is 0 Å². The molecule has 0 saturated heterocycles. The van der Waals surface area contributed by atoms with Gasteiger partial charge in [0.2, 0.25) is 12.7 Å². The summed E-state index contributed by atoms with van der Waals surface area (Å²) in [5, 5.41) is 15.6. The van der Waals surface area contributed by atoms with Crippen LogP contribution in [-0.4, -0.2) is 34.5 Å². The molecule has 5 heterocycles. The summed E-state index contributed by atoms with van der Waals surface area (Å²) in [6.07, 6.45) is 11.9. The summed E-state index contributed by atoms with van der Waals surface area (Å²) in [6, 6.07) is 0. The molecule has 0 aromatic carbocycles. The third kappa shape index (κ3) is 2.47. The van der Waals surface area contributed by atoms with E-state index in [1.54, 1.807) is 0 Å². The van der Waals surface area contributed by atoms with Crippen LogP contribution < -0.4 is 14.1 Å². The first-order valence-corrected chi connectivity index (χ1v) is 7.65. The van der Waals surface area contributed by atoms with Crippen LogP contribution in [0.2, 0.25) is 0 Å². The Kier molecular flexibility index (Phi) is 2.81. The van der Waals surface area contributed by atoms with Gasteiger partial charge in [0, 0.05) is 11.6 Å². The van der Waals surface area contributed by atoms with Crippen molar-refractivity contribution in [2.24, 2.45) is 0 Å². The van der Waals surface area contributed by atoms with Gasteiger partial charge in [0.1, 0.15) is 44.4 Å². The van der Waals surface area contributed by atoms with Crippen molar-refractivity contribution in [2.45, 2.75) is 26.2 Å². The molecule has 120 valence electrons. The number of aromatic nitrogens is 10. The predicted molar refractivity (Wildman–Crippen MR) is 77.4 cm³/mol. The second kappa shape index (κ2) is 5.11. The molecule has 0 unspecified atom stereocenters. The van der Waals surface area contributed by atoms with Crippen LogP contribution in [-0.2, 0) is 26.2 Å². The summed E-state index contributed by atoms with van der Waals surface area (Å²) in [5.74, 6) is 3.00. The van der Waals surface area contributed by atoms with E-state index in [0.29, 0.717) is 37.8 Å². The number of H-pyrrole nitrogens is 1. The molecule has 8 bridgehead atoms. The number of hydrogen-bond acceptors (Lipinski definition) is 4. The number of imidazole rings is 2. The van der Waals surface area contributed by atoms with Crippen molar-refractivity contribution in [3.63, 3.8) is 0 Å². The molecular weight excluding hydrogens is 308 g/mol. The molecule has 10 nitrogen and oxygen atoms in total. The Morgan fingerprint density at radius 3 is 2.33 bits per heavy atom. The molecule has 5 rings (SSSR count). The molecule has 1 aliphatic heterocycles. The van der Waals surface area contributed by atoms with Gasteiger partial charge in [0.25, 0.3) is 0 Å². The molecule has 24 heavy (non-hydrogen) atoms. The summed E-state index contributed by atoms with van der Waals surface area (Å²) in [4.78, 5) is 9.06. The lowest BCUT2D eigenvalue weighted by Crippen LogP contribution is -2.33. The lowest BCUT2D eigenvalue weighted by atomic mass is 10.5. The predicted octanol–water partition coefficient (Wildman–Crippen LogP) is -1.76. The van der Waals surface area contributed by atoms with Crippen molar-refractivity contribution in [3.05, 3.63) is 60.7 Å². The van der Waals surface area contributed by atoms with Crippen molar-refractivity contribution in [2.75, 3.05) is 0 Å². The second-order valence-corrected chi connectivity index (χ2v) is 5.86. The quantitative estimate of drug-likeness (QED) is 0.340. The first kappa shape index (κ1) is 13.2.